The van der Waals surface area contributed by atoms with Crippen molar-refractivity contribution < 1.29 is 8.42 Å². The van der Waals surface area contributed by atoms with Crippen molar-refractivity contribution in [3.8, 4) is 0 Å². The van der Waals surface area contributed by atoms with E-state index in [1.807, 2.05) is 0 Å². The maximum absolute atomic E-state index is 11.9. The Morgan fingerprint density at radius 2 is 2.16 bits per heavy atom. The molecule has 0 spiro atoms. The number of H-pyrrole nitrogens is 1. The largest absolute Gasteiger partial charge is 0.347 e. The van der Waals surface area contributed by atoms with Gasteiger partial charge in [-0.3, -0.25) is 0 Å². The number of nitrogens with one attached hydrogen (secondary N) is 3. The molecule has 1 heterocycles. The van der Waals surface area contributed by atoms with Gasteiger partial charge in [0.15, 0.2) is 0 Å². The first kappa shape index (κ1) is 16.1. The molecule has 0 aliphatic carbocycles. The van der Waals surface area contributed by atoms with Gasteiger partial charge in [-0.15, -0.1) is 0 Å². The summed E-state index contributed by atoms with van der Waals surface area (Å²) in [6.45, 7) is 5.74. The minimum atomic E-state index is -3.24. The average Bonchev–Trinajstić information content (AvgIpc) is 2.87. The van der Waals surface area contributed by atoms with Crippen LogP contribution in [0.3, 0.4) is 0 Å². The maximum atomic E-state index is 11.9. The molecule has 19 heavy (non-hydrogen) atoms. The summed E-state index contributed by atoms with van der Waals surface area (Å²) in [7, 11) is -3.24. The lowest BCUT2D eigenvalue weighted by molar-refractivity contribution is 0.554. The number of aromatic amines is 1. The predicted octanol–water partition coefficient (Wildman–Crippen LogP) is 1.17. The highest BCUT2D eigenvalue weighted by atomic mass is 32.2. The first-order valence-electron chi connectivity index (χ1n) is 6.75. The van der Waals surface area contributed by atoms with Crippen molar-refractivity contribution in [3.05, 3.63) is 18.2 Å². The minimum Gasteiger partial charge on any atom is -0.347 e. The highest BCUT2D eigenvalue weighted by Gasteiger charge is 2.16. The number of imidazole rings is 1. The zero-order chi connectivity index (χ0) is 14.1. The fourth-order valence-electron chi connectivity index (χ4n) is 1.74. The molecule has 1 atom stereocenters. The van der Waals surface area contributed by atoms with E-state index in [9.17, 15) is 8.42 Å². The van der Waals surface area contributed by atoms with E-state index in [2.05, 4.69) is 26.9 Å². The quantitative estimate of drug-likeness (QED) is 0.564. The third-order valence-electron chi connectivity index (χ3n) is 2.73. The van der Waals surface area contributed by atoms with Crippen molar-refractivity contribution in [3.63, 3.8) is 0 Å². The van der Waals surface area contributed by atoms with Crippen LogP contribution in [0.2, 0.25) is 0 Å². The molecule has 0 saturated carbocycles. The van der Waals surface area contributed by atoms with E-state index >= 15 is 0 Å². The minimum absolute atomic E-state index is 0.159. The molecule has 0 fully saturated rings. The highest BCUT2D eigenvalue weighted by Crippen LogP contribution is 2.08. The molecule has 6 nitrogen and oxygen atoms in total. The topological polar surface area (TPSA) is 86.9 Å². The van der Waals surface area contributed by atoms with Crippen LogP contribution in [0.25, 0.3) is 0 Å². The lowest BCUT2D eigenvalue weighted by Crippen LogP contribution is -2.30. The van der Waals surface area contributed by atoms with Crippen LogP contribution in [0.4, 0.5) is 0 Å². The van der Waals surface area contributed by atoms with Crippen molar-refractivity contribution in [2.24, 2.45) is 0 Å². The number of nitrogens with zero attached hydrogens (tertiary/aromatic N) is 1. The van der Waals surface area contributed by atoms with Gasteiger partial charge in [-0.05, 0) is 39.3 Å². The summed E-state index contributed by atoms with van der Waals surface area (Å²) in [5.41, 5.74) is 0. The van der Waals surface area contributed by atoms with Crippen LogP contribution in [-0.2, 0) is 10.0 Å². The molecular weight excluding hydrogens is 264 g/mol. The van der Waals surface area contributed by atoms with Crippen molar-refractivity contribution in [1.82, 2.24) is 20.0 Å². The number of unbranched alkanes of at least 4 members (excludes halogenated alkanes) is 1. The normalized spacial score (nSPS) is 13.6. The molecule has 0 radical (unpaired) electrons. The van der Waals surface area contributed by atoms with Gasteiger partial charge in [-0.25, -0.2) is 18.1 Å². The van der Waals surface area contributed by atoms with E-state index in [4.69, 9.17) is 0 Å². The first-order chi connectivity index (χ1) is 9.05. The molecule has 1 aromatic rings. The van der Waals surface area contributed by atoms with Gasteiger partial charge in [-0.1, -0.05) is 6.92 Å². The predicted molar refractivity (Wildman–Crippen MR) is 76.3 cm³/mol. The van der Waals surface area contributed by atoms with E-state index in [-0.39, 0.29) is 11.8 Å². The number of rotatable bonds is 10. The molecular formula is C12H24N4O2S. The number of aromatic nitrogens is 2. The molecule has 0 bridgehead atoms. The second kappa shape index (κ2) is 8.29. The lowest BCUT2D eigenvalue weighted by Gasteiger charge is -2.12. The van der Waals surface area contributed by atoms with Crippen LogP contribution in [-0.4, -0.2) is 37.2 Å². The molecule has 0 saturated heterocycles. The summed E-state index contributed by atoms with van der Waals surface area (Å²) >= 11 is 0. The third-order valence-corrected chi connectivity index (χ3v) is 4.27. The van der Waals surface area contributed by atoms with Gasteiger partial charge < -0.3 is 10.3 Å². The van der Waals surface area contributed by atoms with Crippen molar-refractivity contribution in [1.29, 1.82) is 0 Å². The maximum Gasteiger partial charge on any atom is 0.212 e. The molecule has 0 aromatic carbocycles. The van der Waals surface area contributed by atoms with Crippen molar-refractivity contribution in [2.75, 3.05) is 18.8 Å². The van der Waals surface area contributed by atoms with Gasteiger partial charge in [0, 0.05) is 12.4 Å². The van der Waals surface area contributed by atoms with Crippen molar-refractivity contribution in [2.45, 2.75) is 39.2 Å². The summed E-state index contributed by atoms with van der Waals surface area (Å²) in [4.78, 5) is 6.94. The molecule has 3 N–H and O–H groups in total. The first-order valence-corrected chi connectivity index (χ1v) is 8.40. The standard InChI is InChI=1S/C12H24N4O2S/c1-3-6-13-7-4-5-10-19(17,18)16-11(2)12-14-8-9-15-12/h8-9,11,13,16H,3-7,10H2,1-2H3,(H,14,15). The molecule has 1 unspecified atom stereocenters. The van der Waals surface area contributed by atoms with Crippen LogP contribution >= 0.6 is 0 Å². The van der Waals surface area contributed by atoms with Crippen LogP contribution in [0.1, 0.15) is 45.0 Å². The number of sulfonamides is 1. The Balaban J connectivity index is 2.24. The van der Waals surface area contributed by atoms with Gasteiger partial charge in [0.2, 0.25) is 10.0 Å². The summed E-state index contributed by atoms with van der Waals surface area (Å²) in [6.07, 6.45) is 5.92. The zero-order valence-corrected chi connectivity index (χ0v) is 12.5. The monoisotopic (exact) mass is 288 g/mol. The third kappa shape index (κ3) is 6.70. The molecule has 0 aliphatic heterocycles. The Morgan fingerprint density at radius 3 is 2.79 bits per heavy atom. The number of hydrogen-bond acceptors (Lipinski definition) is 4. The zero-order valence-electron chi connectivity index (χ0n) is 11.6. The van der Waals surface area contributed by atoms with Gasteiger partial charge in [0.05, 0.1) is 11.8 Å². The van der Waals surface area contributed by atoms with Crippen LogP contribution in [0.15, 0.2) is 12.4 Å². The Kier molecular flexibility index (Phi) is 7.04. The Labute approximate surface area is 115 Å². The number of hydrogen-bond donors (Lipinski definition) is 3. The second-order valence-electron chi connectivity index (χ2n) is 4.59. The van der Waals surface area contributed by atoms with Crippen LogP contribution in [0.5, 0.6) is 0 Å². The molecule has 110 valence electrons. The Morgan fingerprint density at radius 1 is 1.37 bits per heavy atom. The fourth-order valence-corrected chi connectivity index (χ4v) is 3.09. The van der Waals surface area contributed by atoms with E-state index in [1.54, 1.807) is 19.3 Å². The van der Waals surface area contributed by atoms with E-state index in [1.165, 1.54) is 0 Å². The van der Waals surface area contributed by atoms with E-state index in [0.29, 0.717) is 12.2 Å². The fraction of sp³-hybridized carbons (Fsp3) is 0.750. The van der Waals surface area contributed by atoms with Crippen LogP contribution in [0, 0.1) is 0 Å². The molecule has 1 aromatic heterocycles. The second-order valence-corrected chi connectivity index (χ2v) is 6.46. The highest BCUT2D eigenvalue weighted by molar-refractivity contribution is 7.89. The van der Waals surface area contributed by atoms with Gasteiger partial charge >= 0.3 is 0 Å². The average molecular weight is 288 g/mol. The van der Waals surface area contributed by atoms with Gasteiger partial charge in [0.1, 0.15) is 5.82 Å². The lowest BCUT2D eigenvalue weighted by atomic mass is 10.3. The molecule has 0 aliphatic rings. The summed E-state index contributed by atoms with van der Waals surface area (Å²) in [5, 5.41) is 3.25. The van der Waals surface area contributed by atoms with Crippen LogP contribution < -0.4 is 10.0 Å². The molecule has 1 rings (SSSR count). The summed E-state index contributed by atoms with van der Waals surface area (Å²) in [5.74, 6) is 0.791. The summed E-state index contributed by atoms with van der Waals surface area (Å²) in [6, 6.07) is -0.321. The molecule has 7 heteroatoms. The SMILES string of the molecule is CCCNCCCCS(=O)(=O)NC(C)c1ncc[nH]1. The van der Waals surface area contributed by atoms with Gasteiger partial charge in [-0.2, -0.15) is 0 Å². The summed E-state index contributed by atoms with van der Waals surface area (Å²) < 4.78 is 26.3. The smallest absolute Gasteiger partial charge is 0.212 e. The van der Waals surface area contributed by atoms with Gasteiger partial charge in [0.25, 0.3) is 0 Å². The Bertz CT molecular complexity index is 431. The van der Waals surface area contributed by atoms with E-state index in [0.717, 1.165) is 25.9 Å². The molecule has 0 amide bonds. The van der Waals surface area contributed by atoms with E-state index < -0.39 is 10.0 Å². The van der Waals surface area contributed by atoms with Crippen molar-refractivity contribution >= 4 is 10.0 Å². The Hall–Kier alpha value is -0.920.